The number of hydrogen-bond acceptors (Lipinski definition) is 2. The Balaban J connectivity index is 2.27. The minimum Gasteiger partial charge on any atom is -0.484 e. The maximum absolute atomic E-state index is 13.6. The fourth-order valence-corrected chi connectivity index (χ4v) is 1.75. The second-order valence-corrected chi connectivity index (χ2v) is 4.28. The van der Waals surface area contributed by atoms with Gasteiger partial charge in [-0.3, -0.25) is 0 Å². The molecule has 21 heavy (non-hydrogen) atoms. The highest BCUT2D eigenvalue weighted by Crippen LogP contribution is 2.32. The molecule has 2 rings (SSSR count). The van der Waals surface area contributed by atoms with Crippen molar-refractivity contribution < 1.29 is 26.7 Å². The van der Waals surface area contributed by atoms with E-state index in [0.29, 0.717) is 6.07 Å². The van der Waals surface area contributed by atoms with Crippen LogP contribution in [0.25, 0.3) is 11.1 Å². The van der Waals surface area contributed by atoms with Gasteiger partial charge in [-0.05, 0) is 24.3 Å². The van der Waals surface area contributed by atoms with Crippen molar-refractivity contribution >= 4 is 5.69 Å². The second kappa shape index (κ2) is 5.59. The van der Waals surface area contributed by atoms with Crippen LogP contribution in [0.3, 0.4) is 0 Å². The zero-order chi connectivity index (χ0) is 15.6. The maximum atomic E-state index is 13.6. The summed E-state index contributed by atoms with van der Waals surface area (Å²) in [7, 11) is 0. The Morgan fingerprint density at radius 3 is 2.19 bits per heavy atom. The van der Waals surface area contributed by atoms with Crippen LogP contribution in [-0.2, 0) is 0 Å². The summed E-state index contributed by atoms with van der Waals surface area (Å²) in [5, 5.41) is 0. The monoisotopic (exact) mass is 303 g/mol. The van der Waals surface area contributed by atoms with Crippen LogP contribution in [0.2, 0.25) is 0 Å². The highest BCUT2D eigenvalue weighted by Gasteiger charge is 2.28. The molecule has 0 radical (unpaired) electrons. The number of alkyl halides is 3. The van der Waals surface area contributed by atoms with Crippen LogP contribution in [0.4, 0.5) is 27.6 Å². The number of benzene rings is 2. The summed E-state index contributed by atoms with van der Waals surface area (Å²) in [6, 6.07) is 6.67. The number of nitrogen functional groups attached to an aromatic ring is 1. The first-order valence-corrected chi connectivity index (χ1v) is 5.81. The lowest BCUT2D eigenvalue weighted by Gasteiger charge is -2.12. The standard InChI is InChI=1S/C14H10F5NO/c15-8-1-3-10(12(16)5-8)11-4-2-9(6-13(11)20)21-7-14(17,18)19/h1-6H,7,20H2. The Bertz CT molecular complexity index is 654. The lowest BCUT2D eigenvalue weighted by Crippen LogP contribution is -2.19. The SMILES string of the molecule is Nc1cc(OCC(F)(F)F)ccc1-c1ccc(F)cc1F. The molecule has 2 nitrogen and oxygen atoms in total. The number of anilines is 1. The van der Waals surface area contributed by atoms with Crippen molar-refractivity contribution in [1.29, 1.82) is 0 Å². The van der Waals surface area contributed by atoms with Crippen LogP contribution in [0.5, 0.6) is 5.75 Å². The van der Waals surface area contributed by atoms with Crippen molar-refractivity contribution in [3.05, 3.63) is 48.0 Å². The summed E-state index contributed by atoms with van der Waals surface area (Å²) in [5.41, 5.74) is 6.00. The third-order valence-corrected chi connectivity index (χ3v) is 2.65. The molecule has 0 aliphatic carbocycles. The molecule has 0 aromatic heterocycles. The van der Waals surface area contributed by atoms with Crippen molar-refractivity contribution in [1.82, 2.24) is 0 Å². The predicted octanol–water partition coefficient (Wildman–Crippen LogP) is 4.16. The van der Waals surface area contributed by atoms with Gasteiger partial charge in [-0.2, -0.15) is 13.2 Å². The highest BCUT2D eigenvalue weighted by atomic mass is 19.4. The van der Waals surface area contributed by atoms with Gasteiger partial charge in [0.25, 0.3) is 0 Å². The molecule has 2 aromatic rings. The van der Waals surface area contributed by atoms with Gasteiger partial charge in [0, 0.05) is 28.9 Å². The summed E-state index contributed by atoms with van der Waals surface area (Å²) >= 11 is 0. The van der Waals surface area contributed by atoms with Crippen molar-refractivity contribution in [2.75, 3.05) is 12.3 Å². The molecular formula is C14H10F5NO. The van der Waals surface area contributed by atoms with E-state index in [2.05, 4.69) is 4.74 Å². The first-order valence-electron chi connectivity index (χ1n) is 5.81. The fourth-order valence-electron chi connectivity index (χ4n) is 1.75. The third-order valence-electron chi connectivity index (χ3n) is 2.65. The maximum Gasteiger partial charge on any atom is 0.422 e. The Morgan fingerprint density at radius 1 is 0.952 bits per heavy atom. The van der Waals surface area contributed by atoms with Crippen LogP contribution in [0.1, 0.15) is 0 Å². The quantitative estimate of drug-likeness (QED) is 0.683. The van der Waals surface area contributed by atoms with E-state index in [9.17, 15) is 22.0 Å². The molecular weight excluding hydrogens is 293 g/mol. The molecule has 0 saturated carbocycles. The molecule has 2 N–H and O–H groups in total. The molecule has 2 aromatic carbocycles. The van der Waals surface area contributed by atoms with Gasteiger partial charge >= 0.3 is 6.18 Å². The molecule has 0 unspecified atom stereocenters. The zero-order valence-corrected chi connectivity index (χ0v) is 10.5. The van der Waals surface area contributed by atoms with Crippen molar-refractivity contribution in [2.45, 2.75) is 6.18 Å². The van der Waals surface area contributed by atoms with Crippen LogP contribution < -0.4 is 10.5 Å². The Morgan fingerprint density at radius 2 is 1.62 bits per heavy atom. The summed E-state index contributed by atoms with van der Waals surface area (Å²) in [6.07, 6.45) is -4.46. The number of rotatable bonds is 3. The minimum atomic E-state index is -4.46. The Labute approximate surface area is 116 Å². The normalized spacial score (nSPS) is 11.5. The van der Waals surface area contributed by atoms with Crippen LogP contribution in [-0.4, -0.2) is 12.8 Å². The number of hydrogen-bond donors (Lipinski definition) is 1. The molecule has 0 fully saturated rings. The van der Waals surface area contributed by atoms with Crippen LogP contribution in [0.15, 0.2) is 36.4 Å². The molecule has 0 heterocycles. The van der Waals surface area contributed by atoms with Crippen molar-refractivity contribution in [2.24, 2.45) is 0 Å². The Hall–Kier alpha value is -2.31. The van der Waals surface area contributed by atoms with Crippen LogP contribution in [0, 0.1) is 11.6 Å². The largest absolute Gasteiger partial charge is 0.484 e. The molecule has 0 aliphatic heterocycles. The van der Waals surface area contributed by atoms with E-state index in [1.807, 2.05) is 0 Å². The average molecular weight is 303 g/mol. The molecule has 0 bridgehead atoms. The second-order valence-electron chi connectivity index (χ2n) is 4.28. The molecule has 0 spiro atoms. The zero-order valence-electron chi connectivity index (χ0n) is 10.5. The van der Waals surface area contributed by atoms with E-state index in [4.69, 9.17) is 5.73 Å². The molecule has 0 aliphatic rings. The van der Waals surface area contributed by atoms with Gasteiger partial charge in [-0.15, -0.1) is 0 Å². The van der Waals surface area contributed by atoms with E-state index in [-0.39, 0.29) is 22.6 Å². The van der Waals surface area contributed by atoms with Gasteiger partial charge in [0.2, 0.25) is 0 Å². The van der Waals surface area contributed by atoms with E-state index < -0.39 is 24.4 Å². The summed E-state index contributed by atoms with van der Waals surface area (Å²) in [5.74, 6) is -1.64. The topological polar surface area (TPSA) is 35.2 Å². The third kappa shape index (κ3) is 3.84. The van der Waals surface area contributed by atoms with E-state index in [1.165, 1.54) is 18.2 Å². The minimum absolute atomic E-state index is 0.0279. The van der Waals surface area contributed by atoms with Crippen LogP contribution >= 0.6 is 0 Å². The fraction of sp³-hybridized carbons (Fsp3) is 0.143. The van der Waals surface area contributed by atoms with Gasteiger partial charge in [0.1, 0.15) is 17.4 Å². The summed E-state index contributed by atoms with van der Waals surface area (Å²) < 4.78 is 67.1. The summed E-state index contributed by atoms with van der Waals surface area (Å²) in [6.45, 7) is -1.45. The van der Waals surface area contributed by atoms with Gasteiger partial charge in [-0.1, -0.05) is 0 Å². The van der Waals surface area contributed by atoms with E-state index in [0.717, 1.165) is 12.1 Å². The molecule has 0 amide bonds. The first kappa shape index (κ1) is 15.1. The van der Waals surface area contributed by atoms with Gasteiger partial charge in [0.15, 0.2) is 6.61 Å². The predicted molar refractivity (Wildman–Crippen MR) is 67.8 cm³/mol. The van der Waals surface area contributed by atoms with Gasteiger partial charge < -0.3 is 10.5 Å². The molecule has 0 atom stereocenters. The lowest BCUT2D eigenvalue weighted by molar-refractivity contribution is -0.153. The number of halogens is 5. The number of nitrogens with two attached hydrogens (primary N) is 1. The van der Waals surface area contributed by atoms with Gasteiger partial charge in [0.05, 0.1) is 0 Å². The first-order chi connectivity index (χ1) is 9.76. The van der Waals surface area contributed by atoms with Gasteiger partial charge in [-0.25, -0.2) is 8.78 Å². The lowest BCUT2D eigenvalue weighted by atomic mass is 10.0. The Kier molecular flexibility index (Phi) is 4.02. The van der Waals surface area contributed by atoms with Crippen molar-refractivity contribution in [3.63, 3.8) is 0 Å². The average Bonchev–Trinajstić information content (AvgIpc) is 2.37. The smallest absolute Gasteiger partial charge is 0.422 e. The molecule has 112 valence electrons. The van der Waals surface area contributed by atoms with Crippen molar-refractivity contribution in [3.8, 4) is 16.9 Å². The van der Waals surface area contributed by atoms with E-state index >= 15 is 0 Å². The van der Waals surface area contributed by atoms with E-state index in [1.54, 1.807) is 0 Å². The number of ether oxygens (including phenoxy) is 1. The molecule has 7 heteroatoms. The molecule has 0 saturated heterocycles. The highest BCUT2D eigenvalue weighted by molar-refractivity contribution is 5.77. The summed E-state index contributed by atoms with van der Waals surface area (Å²) in [4.78, 5) is 0.